The van der Waals surface area contributed by atoms with Crippen LogP contribution < -0.4 is 4.74 Å². The third-order valence-corrected chi connectivity index (χ3v) is 4.55. The Morgan fingerprint density at radius 2 is 2.00 bits per heavy atom. The second-order valence-corrected chi connectivity index (χ2v) is 7.02. The number of unbranched alkanes of at least 4 members (excludes halogenated alkanes) is 1. The molecule has 0 fully saturated rings. The molecule has 1 aromatic heterocycles. The molecule has 1 N–H and O–H groups in total. The molecule has 0 aliphatic heterocycles. The fourth-order valence-corrected chi connectivity index (χ4v) is 3.00. The van der Waals surface area contributed by atoms with Crippen LogP contribution in [0.2, 0.25) is 0 Å². The number of aromatic nitrogens is 2. The zero-order chi connectivity index (χ0) is 21.5. The van der Waals surface area contributed by atoms with E-state index < -0.39 is 11.6 Å². The molecule has 0 saturated carbocycles. The van der Waals surface area contributed by atoms with Crippen LogP contribution in [0.4, 0.5) is 8.78 Å². The van der Waals surface area contributed by atoms with E-state index in [0.29, 0.717) is 11.0 Å². The molecule has 1 atom stereocenters. The first-order chi connectivity index (χ1) is 14.5. The van der Waals surface area contributed by atoms with Crippen LogP contribution in [-0.4, -0.2) is 27.8 Å². The minimum absolute atomic E-state index is 0.0231. The molecule has 0 aliphatic carbocycles. The second kappa shape index (κ2) is 10.1. The van der Waals surface area contributed by atoms with E-state index in [9.17, 15) is 13.9 Å². The van der Waals surface area contributed by atoms with Crippen LogP contribution in [0.15, 0.2) is 55.3 Å². The van der Waals surface area contributed by atoms with Gasteiger partial charge in [0.2, 0.25) is 5.82 Å². The number of halogens is 2. The standard InChI is InChI=1S/C24H24F2N2O2/c1-3-13-30-22-12-10-18(23(25)24(22)26)21-15-27-20-14-17(9-11-19(20)28-21)8-6-4-5-7-16(2)29/h3,6,8-12,14-16,29H,1,4-5,7,13H2,2H3/b8-6+. The zero-order valence-electron chi connectivity index (χ0n) is 16.8. The van der Waals surface area contributed by atoms with Gasteiger partial charge in [-0.2, -0.15) is 4.39 Å². The molecule has 0 spiro atoms. The maximum atomic E-state index is 14.5. The normalized spacial score (nSPS) is 12.4. The lowest BCUT2D eigenvalue weighted by molar-refractivity contribution is 0.182. The topological polar surface area (TPSA) is 55.2 Å². The van der Waals surface area contributed by atoms with Crippen molar-refractivity contribution in [3.63, 3.8) is 0 Å². The summed E-state index contributed by atoms with van der Waals surface area (Å²) in [4.78, 5) is 8.80. The molecule has 3 aromatic rings. The average Bonchev–Trinajstić information content (AvgIpc) is 2.74. The Bertz CT molecular complexity index is 1060. The SMILES string of the molecule is C=CCOc1ccc(-c2cnc3cc(/C=C/CCCC(C)O)ccc3n2)c(F)c1F. The van der Waals surface area contributed by atoms with Crippen LogP contribution in [0.5, 0.6) is 5.75 Å². The first-order valence-corrected chi connectivity index (χ1v) is 9.83. The van der Waals surface area contributed by atoms with Gasteiger partial charge in [0.15, 0.2) is 11.6 Å². The highest BCUT2D eigenvalue weighted by Crippen LogP contribution is 2.29. The van der Waals surface area contributed by atoms with Crippen LogP contribution in [0.25, 0.3) is 28.4 Å². The van der Waals surface area contributed by atoms with Crippen LogP contribution in [-0.2, 0) is 0 Å². The van der Waals surface area contributed by atoms with Gasteiger partial charge in [0.1, 0.15) is 6.61 Å². The van der Waals surface area contributed by atoms with Gasteiger partial charge in [-0.25, -0.2) is 9.37 Å². The van der Waals surface area contributed by atoms with Crippen molar-refractivity contribution in [2.75, 3.05) is 6.61 Å². The van der Waals surface area contributed by atoms with Crippen LogP contribution in [0.1, 0.15) is 31.7 Å². The molecule has 30 heavy (non-hydrogen) atoms. The van der Waals surface area contributed by atoms with Crippen molar-refractivity contribution < 1.29 is 18.6 Å². The van der Waals surface area contributed by atoms with Crippen molar-refractivity contribution in [2.24, 2.45) is 0 Å². The maximum Gasteiger partial charge on any atom is 0.201 e. The van der Waals surface area contributed by atoms with Crippen molar-refractivity contribution in [1.29, 1.82) is 0 Å². The molecule has 0 saturated heterocycles. The zero-order valence-corrected chi connectivity index (χ0v) is 16.8. The molecule has 156 valence electrons. The first-order valence-electron chi connectivity index (χ1n) is 9.83. The summed E-state index contributed by atoms with van der Waals surface area (Å²) in [5, 5.41) is 9.28. The maximum absolute atomic E-state index is 14.5. The van der Waals surface area contributed by atoms with E-state index in [-0.39, 0.29) is 29.7 Å². The summed E-state index contributed by atoms with van der Waals surface area (Å²) < 4.78 is 33.9. The summed E-state index contributed by atoms with van der Waals surface area (Å²) in [6, 6.07) is 8.39. The molecule has 3 rings (SSSR count). The molecule has 0 amide bonds. The molecule has 0 bridgehead atoms. The number of allylic oxidation sites excluding steroid dienone is 1. The van der Waals surface area contributed by atoms with Crippen LogP contribution in [0.3, 0.4) is 0 Å². The van der Waals surface area contributed by atoms with Crippen molar-refractivity contribution in [3.8, 4) is 17.0 Å². The lowest BCUT2D eigenvalue weighted by atomic mass is 10.1. The quantitative estimate of drug-likeness (QED) is 0.363. The van der Waals surface area contributed by atoms with Crippen molar-refractivity contribution in [3.05, 3.63) is 72.5 Å². The first kappa shape index (κ1) is 21.6. The van der Waals surface area contributed by atoms with Gasteiger partial charge in [0.25, 0.3) is 0 Å². The van der Waals surface area contributed by atoms with Gasteiger partial charge in [-0.1, -0.05) is 30.9 Å². The highest BCUT2D eigenvalue weighted by molar-refractivity contribution is 5.79. The average molecular weight is 410 g/mol. The fourth-order valence-electron chi connectivity index (χ4n) is 3.00. The van der Waals surface area contributed by atoms with Crippen molar-refractivity contribution in [1.82, 2.24) is 9.97 Å². The Balaban J connectivity index is 1.80. The highest BCUT2D eigenvalue weighted by Gasteiger charge is 2.17. The number of hydrogen-bond donors (Lipinski definition) is 1. The largest absolute Gasteiger partial charge is 0.486 e. The van der Waals surface area contributed by atoms with Gasteiger partial charge in [-0.3, -0.25) is 4.98 Å². The molecule has 6 heteroatoms. The summed E-state index contributed by atoms with van der Waals surface area (Å²) in [6.45, 7) is 5.36. The summed E-state index contributed by atoms with van der Waals surface area (Å²) in [6.07, 6.45) is 9.23. The number of aliphatic hydroxyl groups excluding tert-OH is 1. The number of hydrogen-bond acceptors (Lipinski definition) is 4. The summed E-state index contributed by atoms with van der Waals surface area (Å²) in [5.41, 5.74) is 2.50. The lowest BCUT2D eigenvalue weighted by Crippen LogP contribution is -2.00. The molecule has 0 radical (unpaired) electrons. The van der Waals surface area contributed by atoms with Gasteiger partial charge >= 0.3 is 0 Å². The minimum atomic E-state index is -1.06. The second-order valence-electron chi connectivity index (χ2n) is 7.02. The number of fused-ring (bicyclic) bond motifs is 1. The summed E-state index contributed by atoms with van der Waals surface area (Å²) in [7, 11) is 0. The Morgan fingerprint density at radius 1 is 1.17 bits per heavy atom. The molecule has 2 aromatic carbocycles. The van der Waals surface area contributed by atoms with Crippen LogP contribution >= 0.6 is 0 Å². The van der Waals surface area contributed by atoms with E-state index in [1.165, 1.54) is 24.4 Å². The summed E-state index contributed by atoms with van der Waals surface area (Å²) in [5.74, 6) is -2.26. The molecular formula is C24H24F2N2O2. The van der Waals surface area contributed by atoms with Gasteiger partial charge < -0.3 is 9.84 Å². The van der Waals surface area contributed by atoms with E-state index in [4.69, 9.17) is 4.74 Å². The van der Waals surface area contributed by atoms with Crippen molar-refractivity contribution in [2.45, 2.75) is 32.3 Å². The van der Waals surface area contributed by atoms with Crippen molar-refractivity contribution >= 4 is 17.1 Å². The highest BCUT2D eigenvalue weighted by atomic mass is 19.2. The lowest BCUT2D eigenvalue weighted by Gasteiger charge is -2.09. The van der Waals surface area contributed by atoms with Crippen LogP contribution in [0, 0.1) is 11.6 Å². The van der Waals surface area contributed by atoms with E-state index in [1.807, 2.05) is 18.2 Å². The fraction of sp³-hybridized carbons (Fsp3) is 0.250. The summed E-state index contributed by atoms with van der Waals surface area (Å²) >= 11 is 0. The third-order valence-electron chi connectivity index (χ3n) is 4.55. The van der Waals surface area contributed by atoms with E-state index >= 15 is 0 Å². The van der Waals surface area contributed by atoms with Gasteiger partial charge in [-0.05, 0) is 56.0 Å². The number of nitrogens with zero attached hydrogens (tertiary/aromatic N) is 2. The number of rotatable bonds is 9. The monoisotopic (exact) mass is 410 g/mol. The molecular weight excluding hydrogens is 386 g/mol. The minimum Gasteiger partial charge on any atom is -0.486 e. The Labute approximate surface area is 174 Å². The predicted octanol–water partition coefficient (Wildman–Crippen LogP) is 5.70. The Hall–Kier alpha value is -3.12. The number of aliphatic hydroxyl groups is 1. The Kier molecular flexibility index (Phi) is 7.25. The van der Waals surface area contributed by atoms with E-state index in [2.05, 4.69) is 22.6 Å². The third kappa shape index (κ3) is 5.27. The molecule has 4 nitrogen and oxygen atoms in total. The number of benzene rings is 2. The molecule has 1 heterocycles. The van der Waals surface area contributed by atoms with Gasteiger partial charge in [-0.15, -0.1) is 0 Å². The number of ether oxygens (including phenoxy) is 1. The molecule has 1 unspecified atom stereocenters. The predicted molar refractivity (Wildman–Crippen MR) is 115 cm³/mol. The van der Waals surface area contributed by atoms with Gasteiger partial charge in [0, 0.05) is 5.56 Å². The van der Waals surface area contributed by atoms with E-state index in [1.54, 1.807) is 13.0 Å². The smallest absolute Gasteiger partial charge is 0.201 e. The Morgan fingerprint density at radius 3 is 2.77 bits per heavy atom. The van der Waals surface area contributed by atoms with E-state index in [0.717, 1.165) is 24.8 Å². The van der Waals surface area contributed by atoms with Gasteiger partial charge in [0.05, 0.1) is 29.0 Å². The molecule has 0 aliphatic rings.